The lowest BCUT2D eigenvalue weighted by molar-refractivity contribution is -0.00528. The summed E-state index contributed by atoms with van der Waals surface area (Å²) in [5.74, 6) is -0.855. The van der Waals surface area contributed by atoms with E-state index in [-0.39, 0.29) is 22.4 Å². The summed E-state index contributed by atoms with van der Waals surface area (Å²) in [4.78, 5) is -0.238. The highest BCUT2D eigenvalue weighted by Crippen LogP contribution is 2.31. The van der Waals surface area contributed by atoms with Gasteiger partial charge in [-0.25, -0.2) is 12.8 Å². The Bertz CT molecular complexity index is 537. The van der Waals surface area contributed by atoms with Crippen molar-refractivity contribution in [3.05, 3.63) is 30.1 Å². The topological polar surface area (TPSA) is 43.4 Å². The summed E-state index contributed by atoms with van der Waals surface area (Å²) in [5.41, 5.74) is -0.282. The van der Waals surface area contributed by atoms with E-state index in [9.17, 15) is 12.8 Å². The van der Waals surface area contributed by atoms with Crippen molar-refractivity contribution >= 4 is 9.84 Å². The van der Waals surface area contributed by atoms with Crippen LogP contribution in [0.3, 0.4) is 0 Å². The fourth-order valence-corrected chi connectivity index (χ4v) is 3.78. The predicted octanol–water partition coefficient (Wildman–Crippen LogP) is 2.56. The maximum Gasteiger partial charge on any atom is 0.183 e. The molecule has 1 aromatic rings. The molecule has 1 aromatic carbocycles. The summed E-state index contributed by atoms with van der Waals surface area (Å²) in [7, 11) is -3.62. The zero-order chi connectivity index (χ0) is 13.4. The molecule has 1 saturated heterocycles. The third-order valence-electron chi connectivity index (χ3n) is 3.13. The Balaban J connectivity index is 2.17. The molecule has 0 saturated carbocycles. The zero-order valence-corrected chi connectivity index (χ0v) is 11.3. The van der Waals surface area contributed by atoms with Crippen molar-refractivity contribution in [3.8, 4) is 0 Å². The lowest BCUT2D eigenvalue weighted by atomic mass is 10.1. The zero-order valence-electron chi connectivity index (χ0n) is 10.5. The Kier molecular flexibility index (Phi) is 3.47. The average Bonchev–Trinajstić information content (AvgIpc) is 2.57. The quantitative estimate of drug-likeness (QED) is 0.849. The lowest BCUT2D eigenvalue weighted by Crippen LogP contribution is -2.25. The van der Waals surface area contributed by atoms with Gasteiger partial charge in [-0.05, 0) is 38.8 Å². The standard InChI is InChI=1S/C13H17FO3S/c1-13(2)8-7-10(17-13)9-18(15,16)12-6-4-3-5-11(12)14/h3-6,10H,7-9H2,1-2H3. The van der Waals surface area contributed by atoms with Gasteiger partial charge in [-0.1, -0.05) is 12.1 Å². The number of rotatable bonds is 3. The molecular weight excluding hydrogens is 255 g/mol. The highest BCUT2D eigenvalue weighted by atomic mass is 32.2. The van der Waals surface area contributed by atoms with Gasteiger partial charge in [0, 0.05) is 0 Å². The van der Waals surface area contributed by atoms with E-state index in [4.69, 9.17) is 4.74 Å². The van der Waals surface area contributed by atoms with Crippen molar-refractivity contribution in [2.24, 2.45) is 0 Å². The van der Waals surface area contributed by atoms with Gasteiger partial charge in [0.15, 0.2) is 9.84 Å². The van der Waals surface area contributed by atoms with Crippen LogP contribution in [0.5, 0.6) is 0 Å². The Morgan fingerprint density at radius 1 is 1.39 bits per heavy atom. The van der Waals surface area contributed by atoms with E-state index in [0.717, 1.165) is 12.5 Å². The molecule has 0 spiro atoms. The predicted molar refractivity (Wildman–Crippen MR) is 66.6 cm³/mol. The van der Waals surface area contributed by atoms with Gasteiger partial charge in [0.2, 0.25) is 0 Å². The first-order valence-corrected chi connectivity index (χ1v) is 7.60. The molecule has 3 nitrogen and oxygen atoms in total. The first-order chi connectivity index (χ1) is 8.30. The molecule has 5 heteroatoms. The van der Waals surface area contributed by atoms with Crippen LogP contribution in [-0.2, 0) is 14.6 Å². The monoisotopic (exact) mass is 272 g/mol. The molecule has 1 aliphatic rings. The number of hydrogen-bond donors (Lipinski definition) is 0. The summed E-state index contributed by atoms with van der Waals surface area (Å²) >= 11 is 0. The number of ether oxygens (including phenoxy) is 1. The third-order valence-corrected chi connectivity index (χ3v) is 4.94. The van der Waals surface area contributed by atoms with Crippen LogP contribution in [0.2, 0.25) is 0 Å². The average molecular weight is 272 g/mol. The number of halogens is 1. The summed E-state index contributed by atoms with van der Waals surface area (Å²) in [6.45, 7) is 3.87. The summed E-state index contributed by atoms with van der Waals surface area (Å²) < 4.78 is 43.3. The molecular formula is C13H17FO3S. The summed E-state index contributed by atoms with van der Waals surface area (Å²) in [6, 6.07) is 5.45. The van der Waals surface area contributed by atoms with Crippen molar-refractivity contribution in [2.75, 3.05) is 5.75 Å². The van der Waals surface area contributed by atoms with Gasteiger partial charge in [-0.15, -0.1) is 0 Å². The van der Waals surface area contributed by atoms with E-state index < -0.39 is 15.7 Å². The molecule has 2 rings (SSSR count). The van der Waals surface area contributed by atoms with E-state index in [1.54, 1.807) is 0 Å². The Hall–Kier alpha value is -0.940. The van der Waals surface area contributed by atoms with E-state index in [0.29, 0.717) is 6.42 Å². The molecule has 0 amide bonds. The van der Waals surface area contributed by atoms with E-state index in [2.05, 4.69) is 0 Å². The molecule has 1 heterocycles. The summed E-state index contributed by atoms with van der Waals surface area (Å²) in [6.07, 6.45) is 1.18. The first-order valence-electron chi connectivity index (χ1n) is 5.95. The minimum atomic E-state index is -3.62. The third kappa shape index (κ3) is 2.90. The van der Waals surface area contributed by atoms with E-state index in [1.165, 1.54) is 18.2 Å². The smallest absolute Gasteiger partial charge is 0.183 e. The minimum absolute atomic E-state index is 0.155. The Morgan fingerprint density at radius 3 is 2.61 bits per heavy atom. The van der Waals surface area contributed by atoms with Crippen LogP contribution in [-0.4, -0.2) is 25.9 Å². The van der Waals surface area contributed by atoms with Crippen LogP contribution in [0.4, 0.5) is 4.39 Å². The van der Waals surface area contributed by atoms with Crippen LogP contribution in [0, 0.1) is 5.82 Å². The van der Waals surface area contributed by atoms with E-state index in [1.807, 2.05) is 13.8 Å². The van der Waals surface area contributed by atoms with Gasteiger partial charge >= 0.3 is 0 Å². The van der Waals surface area contributed by atoms with Crippen molar-refractivity contribution in [2.45, 2.75) is 43.3 Å². The van der Waals surface area contributed by atoms with Crippen LogP contribution in [0.25, 0.3) is 0 Å². The highest BCUT2D eigenvalue weighted by molar-refractivity contribution is 7.91. The fraction of sp³-hybridized carbons (Fsp3) is 0.538. The second-order valence-corrected chi connectivity index (χ2v) is 7.25. The van der Waals surface area contributed by atoms with Crippen LogP contribution < -0.4 is 0 Å². The molecule has 0 aromatic heterocycles. The molecule has 1 fully saturated rings. The Morgan fingerprint density at radius 2 is 2.06 bits per heavy atom. The van der Waals surface area contributed by atoms with Gasteiger partial charge < -0.3 is 4.74 Å². The Labute approximate surface area is 107 Å². The van der Waals surface area contributed by atoms with Crippen molar-refractivity contribution in [1.29, 1.82) is 0 Å². The van der Waals surface area contributed by atoms with Gasteiger partial charge in [-0.2, -0.15) is 0 Å². The van der Waals surface area contributed by atoms with Crippen LogP contribution >= 0.6 is 0 Å². The lowest BCUT2D eigenvalue weighted by Gasteiger charge is -2.19. The molecule has 1 unspecified atom stereocenters. The van der Waals surface area contributed by atoms with Gasteiger partial charge in [-0.3, -0.25) is 0 Å². The number of hydrogen-bond acceptors (Lipinski definition) is 3. The van der Waals surface area contributed by atoms with Crippen LogP contribution in [0.1, 0.15) is 26.7 Å². The van der Waals surface area contributed by atoms with Gasteiger partial charge in [0.1, 0.15) is 10.7 Å². The fourth-order valence-electron chi connectivity index (χ4n) is 2.23. The molecule has 0 N–H and O–H groups in total. The van der Waals surface area contributed by atoms with Crippen molar-refractivity contribution in [3.63, 3.8) is 0 Å². The number of sulfone groups is 1. The first kappa shape index (κ1) is 13.5. The molecule has 0 aliphatic carbocycles. The van der Waals surface area contributed by atoms with Crippen molar-refractivity contribution in [1.82, 2.24) is 0 Å². The normalized spacial score (nSPS) is 23.2. The van der Waals surface area contributed by atoms with Crippen molar-refractivity contribution < 1.29 is 17.5 Å². The molecule has 0 radical (unpaired) electrons. The van der Waals surface area contributed by atoms with Gasteiger partial charge in [0.05, 0.1) is 17.5 Å². The second kappa shape index (κ2) is 4.63. The molecule has 1 atom stereocenters. The summed E-state index contributed by atoms with van der Waals surface area (Å²) in [5, 5.41) is 0. The van der Waals surface area contributed by atoms with Gasteiger partial charge in [0.25, 0.3) is 0 Å². The molecule has 18 heavy (non-hydrogen) atoms. The van der Waals surface area contributed by atoms with E-state index >= 15 is 0 Å². The molecule has 1 aliphatic heterocycles. The van der Waals surface area contributed by atoms with Crippen LogP contribution in [0.15, 0.2) is 29.2 Å². The molecule has 100 valence electrons. The number of benzene rings is 1. The largest absolute Gasteiger partial charge is 0.371 e. The second-order valence-electron chi connectivity index (χ2n) is 5.25. The highest BCUT2D eigenvalue weighted by Gasteiger charge is 2.35. The maximum absolute atomic E-state index is 13.5. The SMILES string of the molecule is CC1(C)CCC(CS(=O)(=O)c2ccccc2F)O1. The molecule has 0 bridgehead atoms. The minimum Gasteiger partial charge on any atom is -0.371 e. The maximum atomic E-state index is 13.5.